The number of morpholine rings is 1. The van der Waals surface area contributed by atoms with Crippen molar-refractivity contribution >= 4 is 57.2 Å². The minimum Gasteiger partial charge on any atom is -0.378 e. The van der Waals surface area contributed by atoms with Gasteiger partial charge in [-0.15, -0.1) is 0 Å². The zero-order valence-corrected chi connectivity index (χ0v) is 28.1. The van der Waals surface area contributed by atoms with Crippen LogP contribution in [-0.2, 0) is 22.3 Å². The molecule has 0 saturated carbocycles. The highest BCUT2D eigenvalue weighted by molar-refractivity contribution is 9.10. The van der Waals surface area contributed by atoms with E-state index in [0.717, 1.165) is 50.1 Å². The number of halogens is 5. The summed E-state index contributed by atoms with van der Waals surface area (Å²) >= 11 is 8.97. The van der Waals surface area contributed by atoms with E-state index in [9.17, 15) is 27.6 Å². The molecule has 2 heterocycles. The highest BCUT2D eigenvalue weighted by Gasteiger charge is 2.33. The number of piperazine rings is 1. The molecular formula is C33H33BrClF3N6O4. The van der Waals surface area contributed by atoms with Crippen LogP contribution < -0.4 is 10.7 Å². The monoisotopic (exact) mass is 748 g/mol. The lowest BCUT2D eigenvalue weighted by Crippen LogP contribution is -2.51. The highest BCUT2D eigenvalue weighted by atomic mass is 79.9. The molecule has 2 aliphatic heterocycles. The number of benzene rings is 3. The molecule has 2 fully saturated rings. The summed E-state index contributed by atoms with van der Waals surface area (Å²) in [6.07, 6.45) is -3.58. The minimum absolute atomic E-state index is 0.0801. The third-order valence-corrected chi connectivity index (χ3v) is 8.78. The number of nitrogens with one attached hydrogen (secondary N) is 2. The van der Waals surface area contributed by atoms with Crippen molar-refractivity contribution in [3.63, 3.8) is 0 Å². The first-order chi connectivity index (χ1) is 23.0. The number of amides is 3. The maximum atomic E-state index is 13.2. The smallest absolute Gasteiger partial charge is 0.378 e. The first kappa shape index (κ1) is 35.5. The van der Waals surface area contributed by atoms with E-state index in [1.807, 2.05) is 17.0 Å². The quantitative estimate of drug-likeness (QED) is 0.233. The predicted octanol–water partition coefficient (Wildman–Crippen LogP) is 5.11. The number of hydrogen-bond acceptors (Lipinski definition) is 7. The van der Waals surface area contributed by atoms with Crippen molar-refractivity contribution in [1.82, 2.24) is 20.1 Å². The van der Waals surface area contributed by atoms with Gasteiger partial charge < -0.3 is 15.0 Å². The van der Waals surface area contributed by atoms with Crippen molar-refractivity contribution in [3.05, 3.63) is 98.0 Å². The number of hydrazone groups is 1. The molecule has 0 bridgehead atoms. The van der Waals surface area contributed by atoms with E-state index in [4.69, 9.17) is 16.3 Å². The Hall–Kier alpha value is -3.82. The normalized spacial score (nSPS) is 16.2. The van der Waals surface area contributed by atoms with E-state index in [-0.39, 0.29) is 22.7 Å². The molecule has 0 atom stereocenters. The van der Waals surface area contributed by atoms with Crippen molar-refractivity contribution in [3.8, 4) is 0 Å². The van der Waals surface area contributed by atoms with Crippen LogP contribution in [0, 0.1) is 0 Å². The van der Waals surface area contributed by atoms with Gasteiger partial charge in [-0.05, 0) is 53.6 Å². The Labute approximate surface area is 289 Å². The molecule has 2 aliphatic rings. The number of alkyl halides is 3. The Bertz CT molecular complexity index is 1660. The first-order valence-corrected chi connectivity index (χ1v) is 16.3. The molecule has 0 unspecified atom stereocenters. The molecule has 5 rings (SSSR count). The summed E-state index contributed by atoms with van der Waals surface area (Å²) in [6.45, 7) is 6.84. The van der Waals surface area contributed by atoms with Crippen molar-refractivity contribution in [2.24, 2.45) is 5.10 Å². The second-order valence-electron chi connectivity index (χ2n) is 11.3. The number of anilines is 1. The van der Waals surface area contributed by atoms with Crippen LogP contribution in [-0.4, -0.2) is 97.7 Å². The summed E-state index contributed by atoms with van der Waals surface area (Å²) in [7, 11) is 0. The number of ether oxygens (including phenoxy) is 1. The largest absolute Gasteiger partial charge is 0.417 e. The van der Waals surface area contributed by atoms with Crippen LogP contribution in [0.1, 0.15) is 37.4 Å². The predicted molar refractivity (Wildman–Crippen MR) is 179 cm³/mol. The van der Waals surface area contributed by atoms with Crippen molar-refractivity contribution in [2.45, 2.75) is 12.7 Å². The lowest BCUT2D eigenvalue weighted by Gasteiger charge is -2.36. The summed E-state index contributed by atoms with van der Waals surface area (Å²) in [5, 5.41) is 6.09. The highest BCUT2D eigenvalue weighted by Crippen LogP contribution is 2.35. The lowest BCUT2D eigenvalue weighted by atomic mass is 10.1. The fourth-order valence-electron chi connectivity index (χ4n) is 5.30. The summed E-state index contributed by atoms with van der Waals surface area (Å²) in [6, 6.07) is 15.2. The summed E-state index contributed by atoms with van der Waals surface area (Å²) in [5.74, 6) is -0.972. The van der Waals surface area contributed by atoms with E-state index in [1.54, 1.807) is 24.3 Å². The Morgan fingerprint density at radius 3 is 2.27 bits per heavy atom. The molecule has 10 nitrogen and oxygen atoms in total. The Morgan fingerprint density at radius 2 is 1.58 bits per heavy atom. The number of hydrogen-bond donors (Lipinski definition) is 2. The third kappa shape index (κ3) is 9.63. The van der Waals surface area contributed by atoms with Crippen LogP contribution in [0.15, 0.2) is 70.2 Å². The van der Waals surface area contributed by atoms with Gasteiger partial charge in [0.05, 0.1) is 47.8 Å². The molecule has 3 amide bonds. The summed E-state index contributed by atoms with van der Waals surface area (Å²) in [4.78, 5) is 45.0. The molecular weight excluding hydrogens is 717 g/mol. The van der Waals surface area contributed by atoms with Gasteiger partial charge in [0.15, 0.2) is 0 Å². The van der Waals surface area contributed by atoms with Gasteiger partial charge in [-0.1, -0.05) is 45.7 Å². The average molecular weight is 750 g/mol. The van der Waals surface area contributed by atoms with Gasteiger partial charge in [0.2, 0.25) is 5.91 Å². The van der Waals surface area contributed by atoms with Gasteiger partial charge in [-0.3, -0.25) is 24.2 Å². The minimum atomic E-state index is -4.64. The maximum absolute atomic E-state index is 13.2. The number of carbonyl (C=O) groups is 3. The van der Waals surface area contributed by atoms with Crippen LogP contribution in [0.4, 0.5) is 18.9 Å². The standard InChI is InChI=1S/C33H33BrClF3N6O4/c34-25-6-8-29(26(18-25)32(47)41-39-19-23-3-7-28(35)27(17-23)33(36,37)38)40-31(46)24-4-1-22(2-5-24)20-42-9-11-43(12-10-42)21-30(45)44-13-15-48-16-14-44/h1-8,17-19H,9-16,20-21H2,(H,40,46)(H,41,47). The molecule has 0 radical (unpaired) electrons. The molecule has 3 aromatic carbocycles. The van der Waals surface area contributed by atoms with Crippen LogP contribution >= 0.6 is 27.5 Å². The summed E-state index contributed by atoms with van der Waals surface area (Å²) in [5.41, 5.74) is 3.08. The van der Waals surface area contributed by atoms with E-state index >= 15 is 0 Å². The second-order valence-corrected chi connectivity index (χ2v) is 12.6. The zero-order chi connectivity index (χ0) is 34.3. The maximum Gasteiger partial charge on any atom is 0.417 e. The SMILES string of the molecule is O=C(Nc1ccc(Br)cc1C(=O)NN=Cc1ccc(Cl)c(C(F)(F)F)c1)c1ccc(CN2CCN(CC(=O)N3CCOCC3)CC2)cc1. The summed E-state index contributed by atoms with van der Waals surface area (Å²) < 4.78 is 45.4. The lowest BCUT2D eigenvalue weighted by molar-refractivity contribution is -0.138. The molecule has 48 heavy (non-hydrogen) atoms. The van der Waals surface area contributed by atoms with Crippen molar-refractivity contribution in [1.29, 1.82) is 0 Å². The first-order valence-electron chi connectivity index (χ1n) is 15.2. The van der Waals surface area contributed by atoms with Crippen LogP contribution in [0.2, 0.25) is 5.02 Å². The third-order valence-electron chi connectivity index (χ3n) is 7.96. The van der Waals surface area contributed by atoms with Gasteiger partial charge in [0.1, 0.15) is 0 Å². The van der Waals surface area contributed by atoms with Crippen LogP contribution in [0.3, 0.4) is 0 Å². The van der Waals surface area contributed by atoms with Crippen molar-refractivity contribution < 1.29 is 32.3 Å². The Morgan fingerprint density at radius 1 is 0.896 bits per heavy atom. The molecule has 0 aromatic heterocycles. The molecule has 3 aromatic rings. The molecule has 2 saturated heterocycles. The van der Waals surface area contributed by atoms with Gasteiger partial charge in [-0.2, -0.15) is 18.3 Å². The second kappa shape index (κ2) is 16.1. The molecule has 254 valence electrons. The van der Waals surface area contributed by atoms with Gasteiger partial charge in [-0.25, -0.2) is 5.43 Å². The molecule has 0 spiro atoms. The van der Waals surface area contributed by atoms with Crippen LogP contribution in [0.25, 0.3) is 0 Å². The Kier molecular flexibility index (Phi) is 11.9. The van der Waals surface area contributed by atoms with Gasteiger partial charge in [0, 0.05) is 55.8 Å². The van der Waals surface area contributed by atoms with Gasteiger partial charge in [0.25, 0.3) is 11.8 Å². The topological polar surface area (TPSA) is 107 Å². The number of rotatable bonds is 9. The van der Waals surface area contributed by atoms with Crippen molar-refractivity contribution in [2.75, 3.05) is 64.3 Å². The molecule has 0 aliphatic carbocycles. The fraction of sp³-hybridized carbons (Fsp3) is 0.333. The average Bonchev–Trinajstić information content (AvgIpc) is 3.07. The van der Waals surface area contributed by atoms with E-state index in [1.165, 1.54) is 12.1 Å². The van der Waals surface area contributed by atoms with Crippen LogP contribution in [0.5, 0.6) is 0 Å². The Balaban J connectivity index is 1.13. The molecule has 15 heteroatoms. The zero-order valence-electron chi connectivity index (χ0n) is 25.7. The van der Waals surface area contributed by atoms with Gasteiger partial charge >= 0.3 is 6.18 Å². The van der Waals surface area contributed by atoms with E-state index < -0.39 is 28.6 Å². The van der Waals surface area contributed by atoms with E-state index in [2.05, 4.69) is 41.6 Å². The molecule has 2 N–H and O–H groups in total. The number of carbonyl (C=O) groups excluding carboxylic acids is 3. The fourth-order valence-corrected chi connectivity index (χ4v) is 5.89. The van der Waals surface area contributed by atoms with E-state index in [0.29, 0.717) is 49.4 Å². The number of nitrogens with zero attached hydrogens (tertiary/aromatic N) is 4.